The first-order valence-corrected chi connectivity index (χ1v) is 1.84. The van der Waals surface area contributed by atoms with Gasteiger partial charge in [0.15, 0.2) is 0 Å². The van der Waals surface area contributed by atoms with Gasteiger partial charge >= 0.3 is 0 Å². The van der Waals surface area contributed by atoms with Crippen molar-refractivity contribution < 1.29 is 10.2 Å². The minimum atomic E-state index is -1.89. The third-order valence-corrected chi connectivity index (χ3v) is 0.601. The molecule has 0 spiro atoms. The van der Waals surface area contributed by atoms with Gasteiger partial charge in [0.05, 0.1) is 0 Å². The highest BCUT2D eigenvalue weighted by molar-refractivity contribution is 4.99. The monoisotopic (exact) mass is 100 g/mol. The molecule has 0 atom stereocenters. The van der Waals surface area contributed by atoms with Crippen LogP contribution in [0.15, 0.2) is 25.3 Å². The molecule has 0 saturated heterocycles. The average Bonchev–Trinajstić information content (AvgIpc) is 1.68. The minimum absolute atomic E-state index is 0.986. The molecule has 0 fully saturated rings. The van der Waals surface area contributed by atoms with Crippen molar-refractivity contribution in [2.45, 2.75) is 5.79 Å². The van der Waals surface area contributed by atoms with Gasteiger partial charge in [-0.25, -0.2) is 0 Å². The summed E-state index contributed by atoms with van der Waals surface area (Å²) in [4.78, 5) is 0. The van der Waals surface area contributed by atoms with Gasteiger partial charge < -0.3 is 10.2 Å². The van der Waals surface area contributed by atoms with Crippen LogP contribution in [0, 0.1) is 0 Å². The molecule has 0 amide bonds. The van der Waals surface area contributed by atoms with Gasteiger partial charge in [0.2, 0.25) is 5.79 Å². The Labute approximate surface area is 42.4 Å². The Morgan fingerprint density at radius 3 is 1.43 bits per heavy atom. The van der Waals surface area contributed by atoms with Crippen molar-refractivity contribution in [3.05, 3.63) is 25.3 Å². The number of aliphatic hydroxyl groups is 2. The number of rotatable bonds is 2. The normalized spacial score (nSPS) is 10.6. The predicted molar refractivity (Wildman–Crippen MR) is 27.6 cm³/mol. The summed E-state index contributed by atoms with van der Waals surface area (Å²) in [6, 6.07) is 0. The summed E-state index contributed by atoms with van der Waals surface area (Å²) in [5, 5.41) is 16.9. The molecule has 40 valence electrons. The molecule has 0 aromatic carbocycles. The van der Waals surface area contributed by atoms with Gasteiger partial charge in [-0.05, 0) is 12.2 Å². The zero-order valence-electron chi connectivity index (χ0n) is 3.96. The van der Waals surface area contributed by atoms with Crippen LogP contribution in [-0.4, -0.2) is 16.0 Å². The first-order chi connectivity index (χ1) is 3.12. The van der Waals surface area contributed by atoms with Crippen LogP contribution in [0.2, 0.25) is 0 Å². The highest BCUT2D eigenvalue weighted by Gasteiger charge is 2.09. The van der Waals surface area contributed by atoms with Crippen LogP contribution in [0.1, 0.15) is 0 Å². The molecule has 0 heterocycles. The van der Waals surface area contributed by atoms with Crippen LogP contribution in [0.25, 0.3) is 0 Å². The van der Waals surface area contributed by atoms with E-state index in [9.17, 15) is 0 Å². The zero-order chi connectivity index (χ0) is 5.91. The van der Waals surface area contributed by atoms with Crippen LogP contribution in [0.3, 0.4) is 0 Å². The predicted octanol–water partition coefficient (Wildman–Crippen LogP) is 0.0393. The van der Waals surface area contributed by atoms with Gasteiger partial charge in [0.25, 0.3) is 0 Å². The lowest BCUT2D eigenvalue weighted by Crippen LogP contribution is -2.19. The molecule has 7 heavy (non-hydrogen) atoms. The summed E-state index contributed by atoms with van der Waals surface area (Å²) in [7, 11) is 0. The molecule has 0 aliphatic heterocycles. The Bertz CT molecular complexity index is 74.1. The lowest BCUT2D eigenvalue weighted by molar-refractivity contribution is -0.0734. The van der Waals surface area contributed by atoms with Gasteiger partial charge in [-0.1, -0.05) is 13.2 Å². The van der Waals surface area contributed by atoms with E-state index in [1.807, 2.05) is 0 Å². The molecular weight excluding hydrogens is 92.1 g/mol. The SMILES string of the molecule is C=CC(O)(O)C=C. The molecule has 0 aromatic heterocycles. The molecule has 0 radical (unpaired) electrons. The van der Waals surface area contributed by atoms with Gasteiger partial charge in [-0.2, -0.15) is 0 Å². The van der Waals surface area contributed by atoms with Crippen LogP contribution < -0.4 is 0 Å². The van der Waals surface area contributed by atoms with E-state index < -0.39 is 5.79 Å². The van der Waals surface area contributed by atoms with Crippen LogP contribution >= 0.6 is 0 Å². The topological polar surface area (TPSA) is 40.5 Å². The Morgan fingerprint density at radius 1 is 1.14 bits per heavy atom. The fraction of sp³-hybridized carbons (Fsp3) is 0.200. The third kappa shape index (κ3) is 2.14. The molecule has 0 saturated carbocycles. The second kappa shape index (κ2) is 1.91. The van der Waals surface area contributed by atoms with Crippen molar-refractivity contribution in [3.8, 4) is 0 Å². The Balaban J connectivity index is 3.82. The van der Waals surface area contributed by atoms with Gasteiger partial charge in [-0.15, -0.1) is 0 Å². The maximum absolute atomic E-state index is 8.45. The third-order valence-electron chi connectivity index (χ3n) is 0.601. The molecule has 0 unspecified atom stereocenters. The van der Waals surface area contributed by atoms with E-state index in [-0.39, 0.29) is 0 Å². The fourth-order valence-corrected chi connectivity index (χ4v) is 0.0833. The number of hydrogen-bond donors (Lipinski definition) is 2. The largest absolute Gasteiger partial charge is 0.359 e. The summed E-state index contributed by atoms with van der Waals surface area (Å²) in [5.74, 6) is -1.89. The lowest BCUT2D eigenvalue weighted by atomic mass is 10.3. The maximum atomic E-state index is 8.45. The molecule has 0 aliphatic carbocycles. The second-order valence-corrected chi connectivity index (χ2v) is 1.19. The van der Waals surface area contributed by atoms with Crippen molar-refractivity contribution in [2.75, 3.05) is 0 Å². The number of hydrogen-bond acceptors (Lipinski definition) is 2. The van der Waals surface area contributed by atoms with E-state index in [0.717, 1.165) is 12.2 Å². The fourth-order valence-electron chi connectivity index (χ4n) is 0.0833. The summed E-state index contributed by atoms with van der Waals surface area (Å²) < 4.78 is 0. The van der Waals surface area contributed by atoms with E-state index in [2.05, 4.69) is 13.2 Å². The van der Waals surface area contributed by atoms with Gasteiger partial charge in [0, 0.05) is 0 Å². The van der Waals surface area contributed by atoms with E-state index in [0.29, 0.717) is 0 Å². The molecule has 2 N–H and O–H groups in total. The van der Waals surface area contributed by atoms with E-state index >= 15 is 0 Å². The van der Waals surface area contributed by atoms with E-state index in [1.165, 1.54) is 0 Å². The molecule has 2 heteroatoms. The van der Waals surface area contributed by atoms with Crippen molar-refractivity contribution >= 4 is 0 Å². The summed E-state index contributed by atoms with van der Waals surface area (Å²) in [6.45, 7) is 6.26. The second-order valence-electron chi connectivity index (χ2n) is 1.19. The van der Waals surface area contributed by atoms with Gasteiger partial charge in [-0.3, -0.25) is 0 Å². The van der Waals surface area contributed by atoms with E-state index in [4.69, 9.17) is 10.2 Å². The van der Waals surface area contributed by atoms with Crippen molar-refractivity contribution in [1.29, 1.82) is 0 Å². The molecule has 0 aromatic rings. The first kappa shape index (κ1) is 6.40. The lowest BCUT2D eigenvalue weighted by Gasteiger charge is -2.08. The zero-order valence-corrected chi connectivity index (χ0v) is 3.96. The van der Waals surface area contributed by atoms with Crippen LogP contribution in [0.5, 0.6) is 0 Å². The van der Waals surface area contributed by atoms with Crippen LogP contribution in [-0.2, 0) is 0 Å². The Kier molecular flexibility index (Phi) is 1.75. The molecule has 0 rings (SSSR count). The van der Waals surface area contributed by atoms with Crippen molar-refractivity contribution in [2.24, 2.45) is 0 Å². The summed E-state index contributed by atoms with van der Waals surface area (Å²) in [6.07, 6.45) is 1.97. The summed E-state index contributed by atoms with van der Waals surface area (Å²) in [5.41, 5.74) is 0. The molecule has 0 aliphatic rings. The van der Waals surface area contributed by atoms with E-state index in [1.54, 1.807) is 0 Å². The smallest absolute Gasteiger partial charge is 0.202 e. The Hall–Kier alpha value is -0.600. The molecular formula is C5H8O2. The van der Waals surface area contributed by atoms with Crippen molar-refractivity contribution in [3.63, 3.8) is 0 Å². The average molecular weight is 100 g/mol. The first-order valence-electron chi connectivity index (χ1n) is 1.84. The Morgan fingerprint density at radius 2 is 1.43 bits per heavy atom. The van der Waals surface area contributed by atoms with Crippen LogP contribution in [0.4, 0.5) is 0 Å². The summed E-state index contributed by atoms with van der Waals surface area (Å²) >= 11 is 0. The maximum Gasteiger partial charge on any atom is 0.202 e. The highest BCUT2D eigenvalue weighted by atomic mass is 16.5. The quantitative estimate of drug-likeness (QED) is 0.380. The minimum Gasteiger partial charge on any atom is -0.359 e. The highest BCUT2D eigenvalue weighted by Crippen LogP contribution is 1.98. The van der Waals surface area contributed by atoms with Crippen molar-refractivity contribution in [1.82, 2.24) is 0 Å². The van der Waals surface area contributed by atoms with Gasteiger partial charge in [0.1, 0.15) is 0 Å². The molecule has 0 bridgehead atoms. The molecule has 2 nitrogen and oxygen atoms in total. The standard InChI is InChI=1S/C5H8O2/c1-3-5(6,7)4-2/h3-4,6-7H,1-2H2.